The molecule has 220 valence electrons. The highest BCUT2D eigenvalue weighted by Crippen LogP contribution is 2.40. The van der Waals surface area contributed by atoms with Crippen molar-refractivity contribution in [1.29, 1.82) is 5.26 Å². The van der Waals surface area contributed by atoms with Crippen molar-refractivity contribution in [2.24, 2.45) is 0 Å². The number of fused-ring (bicyclic) bond motifs is 3. The highest BCUT2D eigenvalue weighted by atomic mass is 19.1. The molecule has 0 aliphatic carbocycles. The molecule has 6 nitrogen and oxygen atoms in total. The lowest BCUT2D eigenvalue weighted by Gasteiger charge is -2.26. The van der Waals surface area contributed by atoms with Gasteiger partial charge in [-0.05, 0) is 115 Å². The van der Waals surface area contributed by atoms with E-state index in [1.807, 2.05) is 35.0 Å². The molecule has 2 unspecified atom stereocenters. The zero-order valence-electron chi connectivity index (χ0n) is 24.4. The zero-order chi connectivity index (χ0) is 29.2. The van der Waals surface area contributed by atoms with Crippen molar-refractivity contribution >= 4 is 32.3 Å². The number of rotatable bonds is 8. The van der Waals surface area contributed by atoms with Crippen LogP contribution in [0.15, 0.2) is 60.8 Å². The fraction of sp³-hybridized carbons (Fsp3) is 0.389. The van der Waals surface area contributed by atoms with E-state index in [1.165, 1.54) is 0 Å². The van der Waals surface area contributed by atoms with Crippen molar-refractivity contribution in [3.8, 4) is 17.3 Å². The maximum Gasteiger partial charge on any atom is 0.157 e. The van der Waals surface area contributed by atoms with E-state index in [2.05, 4.69) is 35.4 Å². The zero-order valence-corrected chi connectivity index (χ0v) is 24.4. The monoisotopic (exact) mass is 577 g/mol. The minimum atomic E-state index is -0.270. The predicted molar refractivity (Wildman–Crippen MR) is 166 cm³/mol. The van der Waals surface area contributed by atoms with Crippen LogP contribution in [0.4, 0.5) is 4.39 Å². The van der Waals surface area contributed by atoms with Crippen molar-refractivity contribution in [3.63, 3.8) is 0 Å². The molecular formula is C36H36FN3O3. The number of benzene rings is 4. The van der Waals surface area contributed by atoms with Gasteiger partial charge < -0.3 is 14.2 Å². The van der Waals surface area contributed by atoms with Gasteiger partial charge in [-0.15, -0.1) is 0 Å². The molecule has 0 N–H and O–H groups in total. The molecule has 7 heteroatoms. The molecule has 0 spiro atoms. The molecule has 3 heterocycles. The van der Waals surface area contributed by atoms with E-state index in [0.717, 1.165) is 85.2 Å². The summed E-state index contributed by atoms with van der Waals surface area (Å²) in [6, 6.07) is 20.6. The second kappa shape index (κ2) is 12.4. The molecule has 2 aliphatic rings. The first kappa shape index (κ1) is 28.0. The average Bonchev–Trinajstić information content (AvgIpc) is 3.54. The molecule has 2 aliphatic heterocycles. The summed E-state index contributed by atoms with van der Waals surface area (Å²) in [4.78, 5) is 0. The van der Waals surface area contributed by atoms with Gasteiger partial charge in [-0.25, -0.2) is 9.07 Å². The Hall–Kier alpha value is -3.83. The Morgan fingerprint density at radius 1 is 0.884 bits per heavy atom. The highest BCUT2D eigenvalue weighted by molar-refractivity contribution is 6.08. The third-order valence-corrected chi connectivity index (χ3v) is 8.89. The summed E-state index contributed by atoms with van der Waals surface area (Å²) in [5, 5.41) is 20.5. The van der Waals surface area contributed by atoms with Gasteiger partial charge >= 0.3 is 0 Å². The smallest absolute Gasteiger partial charge is 0.157 e. The molecular weight excluding hydrogens is 541 g/mol. The lowest BCUT2D eigenvalue weighted by molar-refractivity contribution is -0.162. The van der Waals surface area contributed by atoms with Crippen molar-refractivity contribution in [2.75, 3.05) is 19.8 Å². The molecule has 4 aromatic carbocycles. The van der Waals surface area contributed by atoms with Crippen LogP contribution in [-0.4, -0.2) is 35.9 Å². The quantitative estimate of drug-likeness (QED) is 0.136. The number of unbranched alkanes of at least 4 members (excludes halogenated alkanes) is 1. The van der Waals surface area contributed by atoms with Crippen molar-refractivity contribution in [1.82, 2.24) is 9.78 Å². The average molecular weight is 578 g/mol. The van der Waals surface area contributed by atoms with Gasteiger partial charge in [0.05, 0.1) is 11.3 Å². The number of halogens is 1. The fourth-order valence-corrected chi connectivity index (χ4v) is 6.69. The van der Waals surface area contributed by atoms with Crippen molar-refractivity contribution in [2.45, 2.75) is 70.3 Å². The first-order chi connectivity index (χ1) is 21.2. The SMILES string of the molecule is N#Cc1c(-c2ccnn2C2CCCCO2)c(CCCCOC2CCCCO2)c(F)c2cc3cc4ccccc4cc3cc12. The van der Waals surface area contributed by atoms with Gasteiger partial charge in [-0.3, -0.25) is 0 Å². The molecule has 2 atom stereocenters. The first-order valence-electron chi connectivity index (χ1n) is 15.6. The van der Waals surface area contributed by atoms with Crippen molar-refractivity contribution in [3.05, 3.63) is 77.7 Å². The topological polar surface area (TPSA) is 69.3 Å². The van der Waals surface area contributed by atoms with Crippen LogP contribution in [0.5, 0.6) is 0 Å². The second-order valence-corrected chi connectivity index (χ2v) is 11.7. The third-order valence-electron chi connectivity index (χ3n) is 8.89. The van der Waals surface area contributed by atoms with Gasteiger partial charge in [-0.1, -0.05) is 24.3 Å². The minimum absolute atomic E-state index is 0.138. The van der Waals surface area contributed by atoms with Crippen molar-refractivity contribution < 1.29 is 18.6 Å². The lowest BCUT2D eigenvalue weighted by Crippen LogP contribution is -2.22. The van der Waals surface area contributed by atoms with E-state index in [9.17, 15) is 5.26 Å². The van der Waals surface area contributed by atoms with E-state index in [1.54, 1.807) is 6.20 Å². The Balaban J connectivity index is 1.33. The molecule has 0 bridgehead atoms. The van der Waals surface area contributed by atoms with Crippen LogP contribution < -0.4 is 0 Å². The third kappa shape index (κ3) is 5.51. The summed E-state index contributed by atoms with van der Waals surface area (Å²) in [7, 11) is 0. The summed E-state index contributed by atoms with van der Waals surface area (Å²) in [5.41, 5.74) is 2.38. The second-order valence-electron chi connectivity index (χ2n) is 11.7. The number of hydrogen-bond donors (Lipinski definition) is 0. The summed E-state index contributed by atoms with van der Waals surface area (Å²) < 4.78 is 36.4. The molecule has 43 heavy (non-hydrogen) atoms. The van der Waals surface area contributed by atoms with Crippen LogP contribution in [-0.2, 0) is 20.6 Å². The van der Waals surface area contributed by atoms with E-state index in [0.29, 0.717) is 47.1 Å². The molecule has 0 amide bonds. The molecule has 7 rings (SSSR count). The maximum absolute atomic E-state index is 16.8. The highest BCUT2D eigenvalue weighted by Gasteiger charge is 2.27. The Morgan fingerprint density at radius 3 is 2.33 bits per heavy atom. The van der Waals surface area contributed by atoms with Crippen LogP contribution in [0.2, 0.25) is 0 Å². The largest absolute Gasteiger partial charge is 0.356 e. The van der Waals surface area contributed by atoms with Gasteiger partial charge in [0.2, 0.25) is 0 Å². The standard InChI is InChI=1S/C36H36FN3O3/c37-36-28(11-3-6-17-42-34-13-5-8-18-43-34)35(32-14-15-39-40(32)33-12-4-7-16-41-33)31(23-38)29-21-26-19-24-9-1-2-10-25(24)20-27(26)22-30(29)36/h1-2,9-10,14-15,19-22,33-34H,3-8,11-13,16-18H2. The Morgan fingerprint density at radius 2 is 1.63 bits per heavy atom. The maximum atomic E-state index is 16.8. The minimum Gasteiger partial charge on any atom is -0.356 e. The van der Waals surface area contributed by atoms with Crippen LogP contribution in [0, 0.1) is 17.1 Å². The van der Waals surface area contributed by atoms with Crippen LogP contribution in [0.25, 0.3) is 43.6 Å². The number of ether oxygens (including phenoxy) is 3. The summed E-state index contributed by atoms with van der Waals surface area (Å²) in [6.07, 6.45) is 9.34. The lowest BCUT2D eigenvalue weighted by atomic mass is 9.88. The van der Waals surface area contributed by atoms with Gasteiger partial charge in [-0.2, -0.15) is 10.4 Å². The Bertz CT molecular complexity index is 1810. The van der Waals surface area contributed by atoms with Gasteiger partial charge in [0.15, 0.2) is 12.5 Å². The van der Waals surface area contributed by atoms with E-state index in [4.69, 9.17) is 14.2 Å². The first-order valence-corrected chi connectivity index (χ1v) is 15.6. The Kier molecular flexibility index (Phi) is 8.08. The number of nitrogens with zero attached hydrogens (tertiary/aromatic N) is 3. The van der Waals surface area contributed by atoms with Gasteiger partial charge in [0.25, 0.3) is 0 Å². The molecule has 0 radical (unpaired) electrons. The van der Waals surface area contributed by atoms with Crippen LogP contribution in [0.1, 0.15) is 68.7 Å². The van der Waals surface area contributed by atoms with Gasteiger partial charge in [0, 0.05) is 42.4 Å². The molecule has 2 fully saturated rings. The fourth-order valence-electron chi connectivity index (χ4n) is 6.69. The molecule has 1 aromatic heterocycles. The molecule has 0 saturated carbocycles. The summed E-state index contributed by atoms with van der Waals surface area (Å²) in [6.45, 7) is 1.97. The predicted octanol–water partition coefficient (Wildman–Crippen LogP) is 8.59. The van der Waals surface area contributed by atoms with E-state index in [-0.39, 0.29) is 18.3 Å². The normalized spacial score (nSPS) is 19.3. The number of nitriles is 1. The summed E-state index contributed by atoms with van der Waals surface area (Å²) >= 11 is 0. The van der Waals surface area contributed by atoms with Crippen LogP contribution >= 0.6 is 0 Å². The van der Waals surface area contributed by atoms with E-state index >= 15 is 4.39 Å². The Labute approximate surface area is 251 Å². The van der Waals surface area contributed by atoms with Crippen LogP contribution in [0.3, 0.4) is 0 Å². The van der Waals surface area contributed by atoms with Gasteiger partial charge in [0.1, 0.15) is 11.9 Å². The number of aromatic nitrogens is 2. The summed E-state index contributed by atoms with van der Waals surface area (Å²) in [5.74, 6) is -0.270. The molecule has 2 saturated heterocycles. The van der Waals surface area contributed by atoms with E-state index < -0.39 is 0 Å². The number of hydrogen-bond acceptors (Lipinski definition) is 5. The molecule has 5 aromatic rings.